The SMILES string of the molecule is CC1=[C-]C(C)(C)C(C)=C1C.[F-].[F-].[Os+2]. The quantitative estimate of drug-likeness (QED) is 0.406. The van der Waals surface area contributed by atoms with E-state index in [2.05, 4.69) is 40.7 Å². The smallest absolute Gasteiger partial charge is 1.00 e. The molecule has 0 bridgehead atoms. The molecule has 0 aromatic carbocycles. The number of rotatable bonds is 0. The molecule has 0 nitrogen and oxygen atoms in total. The van der Waals surface area contributed by atoms with E-state index >= 15 is 0 Å². The summed E-state index contributed by atoms with van der Waals surface area (Å²) in [6.45, 7) is 10.9. The third-order valence-corrected chi connectivity index (χ3v) is 2.56. The van der Waals surface area contributed by atoms with Crippen LogP contribution in [-0.4, -0.2) is 0 Å². The summed E-state index contributed by atoms with van der Waals surface area (Å²) in [5.41, 5.74) is 4.39. The van der Waals surface area contributed by atoms with Crippen molar-refractivity contribution in [3.8, 4) is 0 Å². The summed E-state index contributed by atoms with van der Waals surface area (Å²) in [4.78, 5) is 0. The van der Waals surface area contributed by atoms with Gasteiger partial charge in [-0.15, -0.1) is 6.92 Å². The van der Waals surface area contributed by atoms with E-state index in [1.807, 2.05) is 0 Å². The van der Waals surface area contributed by atoms with Crippen LogP contribution in [0.25, 0.3) is 0 Å². The molecule has 0 heterocycles. The predicted molar refractivity (Wildman–Crippen MR) is 44.6 cm³/mol. The van der Waals surface area contributed by atoms with E-state index in [1.54, 1.807) is 0 Å². The van der Waals surface area contributed by atoms with Crippen molar-refractivity contribution in [2.24, 2.45) is 5.41 Å². The molecule has 0 radical (unpaired) electrons. The van der Waals surface area contributed by atoms with Crippen molar-refractivity contribution in [2.45, 2.75) is 34.6 Å². The summed E-state index contributed by atoms with van der Waals surface area (Å²) in [5, 5.41) is 0. The van der Waals surface area contributed by atoms with E-state index in [-0.39, 0.29) is 34.6 Å². The predicted octanol–water partition coefficient (Wildman–Crippen LogP) is -2.88. The fourth-order valence-electron chi connectivity index (χ4n) is 1.41. The largest absolute Gasteiger partial charge is 2.00 e. The standard InChI is InChI=1S/C10H15.2FH.Os/c1-7-6-10(4,5)9(3)8(7)2;;;/h1-5H3;2*1H;/q-1;;;+2/p-2. The second-order valence-electron chi connectivity index (χ2n) is 3.62. The van der Waals surface area contributed by atoms with Crippen molar-refractivity contribution in [1.82, 2.24) is 0 Å². The van der Waals surface area contributed by atoms with E-state index < -0.39 is 0 Å². The zero-order valence-electron chi connectivity index (χ0n) is 8.61. The molecule has 0 spiro atoms. The number of hydrogen-bond acceptors (Lipinski definition) is 0. The van der Waals surface area contributed by atoms with Crippen molar-refractivity contribution in [2.75, 3.05) is 0 Å². The van der Waals surface area contributed by atoms with Crippen molar-refractivity contribution in [3.05, 3.63) is 22.8 Å². The molecule has 1 rings (SSSR count). The van der Waals surface area contributed by atoms with Crippen molar-refractivity contribution in [1.29, 1.82) is 0 Å². The maximum Gasteiger partial charge on any atom is 2.00 e. The van der Waals surface area contributed by atoms with Gasteiger partial charge in [0.2, 0.25) is 0 Å². The molecular weight excluding hydrogens is 348 g/mol. The van der Waals surface area contributed by atoms with Crippen LogP contribution in [0.2, 0.25) is 0 Å². The molecule has 13 heavy (non-hydrogen) atoms. The van der Waals surface area contributed by atoms with Crippen LogP contribution < -0.4 is 9.41 Å². The van der Waals surface area contributed by atoms with E-state index in [1.165, 1.54) is 16.7 Å². The summed E-state index contributed by atoms with van der Waals surface area (Å²) in [5.74, 6) is 0. The third kappa shape index (κ3) is 3.31. The van der Waals surface area contributed by atoms with Gasteiger partial charge in [-0.2, -0.15) is 11.1 Å². The molecule has 0 unspecified atom stereocenters. The Kier molecular flexibility index (Phi) is 8.13. The Morgan fingerprint density at radius 1 is 1.00 bits per heavy atom. The molecule has 0 amide bonds. The molecule has 78 valence electrons. The second kappa shape index (κ2) is 5.65. The average Bonchev–Trinajstić information content (AvgIpc) is 1.95. The first-order chi connectivity index (χ1) is 4.45. The molecule has 0 saturated heterocycles. The van der Waals surface area contributed by atoms with Crippen LogP contribution in [-0.2, 0) is 19.8 Å². The zero-order chi connectivity index (χ0) is 7.94. The Balaban J connectivity index is -0.000000333. The Bertz CT molecular complexity index is 227. The first-order valence-electron chi connectivity index (χ1n) is 3.75. The van der Waals surface area contributed by atoms with Gasteiger partial charge in [-0.25, -0.2) is 5.57 Å². The van der Waals surface area contributed by atoms with Gasteiger partial charge in [-0.05, 0) is 0 Å². The minimum absolute atomic E-state index is 0. The fraction of sp³-hybridized carbons (Fsp3) is 0.600. The minimum Gasteiger partial charge on any atom is -1.00 e. The van der Waals surface area contributed by atoms with Crippen LogP contribution in [0, 0.1) is 11.5 Å². The summed E-state index contributed by atoms with van der Waals surface area (Å²) in [7, 11) is 0. The van der Waals surface area contributed by atoms with Crippen molar-refractivity contribution < 1.29 is 29.2 Å². The summed E-state index contributed by atoms with van der Waals surface area (Å²) < 4.78 is 0. The van der Waals surface area contributed by atoms with Crippen LogP contribution >= 0.6 is 0 Å². The summed E-state index contributed by atoms with van der Waals surface area (Å²) in [6, 6.07) is 0. The Hall–Kier alpha value is -0.0236. The van der Waals surface area contributed by atoms with E-state index in [0.717, 1.165) is 0 Å². The molecule has 0 saturated carbocycles. The minimum atomic E-state index is 0. The second-order valence-corrected chi connectivity index (χ2v) is 3.62. The number of allylic oxidation sites excluding steroid dienone is 4. The van der Waals surface area contributed by atoms with Gasteiger partial charge in [-0.3, -0.25) is 6.08 Å². The van der Waals surface area contributed by atoms with Crippen molar-refractivity contribution in [3.63, 3.8) is 0 Å². The van der Waals surface area contributed by atoms with Crippen molar-refractivity contribution >= 4 is 0 Å². The molecule has 0 N–H and O–H groups in total. The molecular formula is C10H15F2Os-. The molecule has 0 aromatic heterocycles. The van der Waals surface area contributed by atoms with Gasteiger partial charge >= 0.3 is 19.8 Å². The fourth-order valence-corrected chi connectivity index (χ4v) is 1.41. The number of halogens is 2. The van der Waals surface area contributed by atoms with Gasteiger partial charge in [-0.1, -0.05) is 33.1 Å². The van der Waals surface area contributed by atoms with Crippen LogP contribution in [0.3, 0.4) is 0 Å². The molecule has 0 fully saturated rings. The van der Waals surface area contributed by atoms with E-state index in [0.29, 0.717) is 0 Å². The Labute approximate surface area is 92.3 Å². The van der Waals surface area contributed by atoms with Gasteiger partial charge < -0.3 is 9.41 Å². The van der Waals surface area contributed by atoms with E-state index in [9.17, 15) is 0 Å². The zero-order valence-corrected chi connectivity index (χ0v) is 11.1. The monoisotopic (exact) mass is 365 g/mol. The van der Waals surface area contributed by atoms with Crippen LogP contribution in [0.5, 0.6) is 0 Å². The molecule has 0 atom stereocenters. The molecule has 1 aliphatic rings. The van der Waals surface area contributed by atoms with Gasteiger partial charge in [0.1, 0.15) is 0 Å². The van der Waals surface area contributed by atoms with Gasteiger partial charge in [0, 0.05) is 0 Å². The van der Waals surface area contributed by atoms with Crippen LogP contribution in [0.15, 0.2) is 16.7 Å². The summed E-state index contributed by atoms with van der Waals surface area (Å²) >= 11 is 0. The molecule has 0 aromatic rings. The summed E-state index contributed by atoms with van der Waals surface area (Å²) in [6.07, 6.45) is 3.44. The van der Waals surface area contributed by atoms with Crippen LogP contribution in [0.4, 0.5) is 0 Å². The average molecular weight is 363 g/mol. The maximum atomic E-state index is 3.44. The van der Waals surface area contributed by atoms with Gasteiger partial charge in [0.05, 0.1) is 0 Å². The van der Waals surface area contributed by atoms with Crippen LogP contribution in [0.1, 0.15) is 34.6 Å². The molecule has 0 aliphatic heterocycles. The molecule has 3 heteroatoms. The Morgan fingerprint density at radius 2 is 1.38 bits per heavy atom. The topological polar surface area (TPSA) is 0 Å². The van der Waals surface area contributed by atoms with E-state index in [4.69, 9.17) is 0 Å². The number of hydrogen-bond donors (Lipinski definition) is 0. The molecule has 1 aliphatic carbocycles. The van der Waals surface area contributed by atoms with Gasteiger partial charge in [0.25, 0.3) is 0 Å². The maximum absolute atomic E-state index is 3.44. The van der Waals surface area contributed by atoms with Gasteiger partial charge in [0.15, 0.2) is 0 Å². The first kappa shape index (κ1) is 18.7. The Morgan fingerprint density at radius 3 is 1.46 bits per heavy atom. The first-order valence-corrected chi connectivity index (χ1v) is 3.75. The normalized spacial score (nSPS) is 18.1. The third-order valence-electron chi connectivity index (χ3n) is 2.56.